The van der Waals surface area contributed by atoms with E-state index in [9.17, 15) is 8.42 Å². The standard InChI is InChI=1S/C16H18ClN3O3S.ClH/c1-23-16-5-3-2-4-14(16)15-11-18-6-7-20(15)24(21,22)13-8-12(17)9-19-10-13;/h2-5,8-10,15,18H,6-7,11H2,1H3;1H. The number of pyridine rings is 1. The third-order valence-corrected chi connectivity index (χ3v) is 6.06. The fourth-order valence-electron chi connectivity index (χ4n) is 2.85. The maximum atomic E-state index is 13.1. The van der Waals surface area contributed by atoms with E-state index in [4.69, 9.17) is 16.3 Å². The highest BCUT2D eigenvalue weighted by Crippen LogP contribution is 2.34. The molecule has 1 atom stereocenters. The number of hydrogen-bond donors (Lipinski definition) is 1. The Labute approximate surface area is 158 Å². The number of halogens is 2. The summed E-state index contributed by atoms with van der Waals surface area (Å²) in [5.41, 5.74) is 0.825. The summed E-state index contributed by atoms with van der Waals surface area (Å²) < 4.78 is 33.0. The minimum Gasteiger partial charge on any atom is -0.496 e. The van der Waals surface area contributed by atoms with Crippen molar-refractivity contribution in [1.29, 1.82) is 0 Å². The van der Waals surface area contributed by atoms with Gasteiger partial charge in [-0.1, -0.05) is 29.8 Å². The number of nitrogens with zero attached hydrogens (tertiary/aromatic N) is 2. The van der Waals surface area contributed by atoms with E-state index >= 15 is 0 Å². The molecule has 1 saturated heterocycles. The maximum absolute atomic E-state index is 13.1. The average molecular weight is 404 g/mol. The Balaban J connectivity index is 0.00000225. The zero-order chi connectivity index (χ0) is 17.2. The summed E-state index contributed by atoms with van der Waals surface area (Å²) in [6.07, 6.45) is 2.73. The molecule has 2 heterocycles. The van der Waals surface area contributed by atoms with Crippen molar-refractivity contribution < 1.29 is 13.2 Å². The van der Waals surface area contributed by atoms with E-state index in [1.807, 2.05) is 24.3 Å². The minimum absolute atomic E-state index is 0. The van der Waals surface area contributed by atoms with Gasteiger partial charge in [0.15, 0.2) is 0 Å². The first-order valence-electron chi connectivity index (χ1n) is 7.50. The number of methoxy groups -OCH3 is 1. The number of hydrogen-bond acceptors (Lipinski definition) is 5. The highest BCUT2D eigenvalue weighted by molar-refractivity contribution is 7.89. The fourth-order valence-corrected chi connectivity index (χ4v) is 4.68. The molecule has 25 heavy (non-hydrogen) atoms. The molecule has 136 valence electrons. The number of piperazine rings is 1. The molecule has 9 heteroatoms. The normalized spacial score (nSPS) is 18.4. The smallest absolute Gasteiger partial charge is 0.245 e. The van der Waals surface area contributed by atoms with Crippen molar-refractivity contribution >= 4 is 34.0 Å². The topological polar surface area (TPSA) is 71.5 Å². The highest BCUT2D eigenvalue weighted by Gasteiger charge is 2.35. The molecule has 1 aromatic heterocycles. The van der Waals surface area contributed by atoms with Crippen LogP contribution in [0.1, 0.15) is 11.6 Å². The van der Waals surface area contributed by atoms with Gasteiger partial charge in [0.05, 0.1) is 18.2 Å². The molecule has 1 aliphatic heterocycles. The number of rotatable bonds is 4. The molecule has 6 nitrogen and oxygen atoms in total. The molecule has 0 amide bonds. The summed E-state index contributed by atoms with van der Waals surface area (Å²) in [4.78, 5) is 3.99. The van der Waals surface area contributed by atoms with E-state index in [0.717, 1.165) is 5.56 Å². The van der Waals surface area contributed by atoms with Crippen molar-refractivity contribution in [2.45, 2.75) is 10.9 Å². The number of aromatic nitrogens is 1. The molecular weight excluding hydrogens is 385 g/mol. The number of ether oxygens (including phenoxy) is 1. The molecule has 1 unspecified atom stereocenters. The van der Waals surface area contributed by atoms with Gasteiger partial charge in [-0.15, -0.1) is 12.4 Å². The van der Waals surface area contributed by atoms with Crippen LogP contribution in [-0.4, -0.2) is 44.5 Å². The van der Waals surface area contributed by atoms with Gasteiger partial charge in [0.1, 0.15) is 10.6 Å². The van der Waals surface area contributed by atoms with Gasteiger partial charge < -0.3 is 10.1 Å². The third kappa shape index (κ3) is 4.07. The molecule has 0 saturated carbocycles. The molecule has 2 aromatic rings. The molecule has 1 aromatic carbocycles. The quantitative estimate of drug-likeness (QED) is 0.848. The van der Waals surface area contributed by atoms with Gasteiger partial charge in [-0.3, -0.25) is 4.98 Å². The first-order chi connectivity index (χ1) is 11.5. The van der Waals surface area contributed by atoms with Crippen LogP contribution in [0.15, 0.2) is 47.6 Å². The first kappa shape index (κ1) is 19.9. The summed E-state index contributed by atoms with van der Waals surface area (Å²) in [7, 11) is -2.14. The highest BCUT2D eigenvalue weighted by atomic mass is 35.5. The van der Waals surface area contributed by atoms with Crippen LogP contribution in [0.5, 0.6) is 5.75 Å². The number of benzene rings is 1. The summed E-state index contributed by atoms with van der Waals surface area (Å²) in [6.45, 7) is 1.45. The zero-order valence-electron chi connectivity index (χ0n) is 13.6. The van der Waals surface area contributed by atoms with Gasteiger partial charge in [0.2, 0.25) is 10.0 Å². The largest absolute Gasteiger partial charge is 0.496 e. The van der Waals surface area contributed by atoms with Crippen molar-refractivity contribution in [2.24, 2.45) is 0 Å². The lowest BCUT2D eigenvalue weighted by Gasteiger charge is -2.35. The van der Waals surface area contributed by atoms with Crippen molar-refractivity contribution in [3.05, 3.63) is 53.3 Å². The lowest BCUT2D eigenvalue weighted by molar-refractivity contribution is 0.264. The summed E-state index contributed by atoms with van der Waals surface area (Å²) >= 11 is 5.91. The van der Waals surface area contributed by atoms with Gasteiger partial charge in [-0.05, 0) is 12.1 Å². The van der Waals surface area contributed by atoms with E-state index < -0.39 is 10.0 Å². The Kier molecular flexibility index (Phi) is 6.65. The fraction of sp³-hybridized carbons (Fsp3) is 0.312. The molecule has 0 aliphatic carbocycles. The van der Waals surface area contributed by atoms with E-state index in [0.29, 0.717) is 30.4 Å². The monoisotopic (exact) mass is 403 g/mol. The van der Waals surface area contributed by atoms with Gasteiger partial charge in [0, 0.05) is 37.6 Å². The van der Waals surface area contributed by atoms with Gasteiger partial charge in [-0.2, -0.15) is 4.31 Å². The first-order valence-corrected chi connectivity index (χ1v) is 9.32. The van der Waals surface area contributed by atoms with Crippen LogP contribution in [0.3, 0.4) is 0 Å². The van der Waals surface area contributed by atoms with Crippen LogP contribution in [0.25, 0.3) is 0 Å². The summed E-state index contributed by atoms with van der Waals surface area (Å²) in [5, 5.41) is 3.54. The average Bonchev–Trinajstić information content (AvgIpc) is 2.61. The number of sulfonamides is 1. The van der Waals surface area contributed by atoms with Crippen LogP contribution in [0.4, 0.5) is 0 Å². The summed E-state index contributed by atoms with van der Waals surface area (Å²) in [5.74, 6) is 0.663. The van der Waals surface area contributed by atoms with Crippen molar-refractivity contribution in [1.82, 2.24) is 14.6 Å². The molecule has 3 rings (SSSR count). The van der Waals surface area contributed by atoms with E-state index in [1.165, 1.54) is 22.8 Å². The molecule has 0 spiro atoms. The van der Waals surface area contributed by atoms with Crippen LogP contribution < -0.4 is 10.1 Å². The SMILES string of the molecule is COc1ccccc1C1CNCCN1S(=O)(=O)c1cncc(Cl)c1.Cl. The Hall–Kier alpha value is -1.38. The lowest BCUT2D eigenvalue weighted by Crippen LogP contribution is -2.48. The van der Waals surface area contributed by atoms with Crippen molar-refractivity contribution in [3.8, 4) is 5.75 Å². The Morgan fingerprint density at radius 3 is 2.80 bits per heavy atom. The Bertz CT molecular complexity index is 833. The van der Waals surface area contributed by atoms with Gasteiger partial charge in [-0.25, -0.2) is 8.42 Å². The lowest BCUT2D eigenvalue weighted by atomic mass is 10.0. The number of nitrogens with one attached hydrogen (secondary N) is 1. The summed E-state index contributed by atoms with van der Waals surface area (Å²) in [6, 6.07) is 8.51. The van der Waals surface area contributed by atoms with E-state index in [1.54, 1.807) is 7.11 Å². The third-order valence-electron chi connectivity index (χ3n) is 3.98. The van der Waals surface area contributed by atoms with Crippen molar-refractivity contribution in [2.75, 3.05) is 26.7 Å². The number of para-hydroxylation sites is 1. The molecule has 0 bridgehead atoms. The Morgan fingerprint density at radius 2 is 2.08 bits per heavy atom. The maximum Gasteiger partial charge on any atom is 0.245 e. The van der Waals surface area contributed by atoms with Crippen LogP contribution in [0.2, 0.25) is 5.02 Å². The molecule has 1 aliphatic rings. The van der Waals surface area contributed by atoms with E-state index in [2.05, 4.69) is 10.3 Å². The Morgan fingerprint density at radius 1 is 1.32 bits per heavy atom. The van der Waals surface area contributed by atoms with Gasteiger partial charge >= 0.3 is 0 Å². The second-order valence-electron chi connectivity index (χ2n) is 5.42. The zero-order valence-corrected chi connectivity index (χ0v) is 15.9. The van der Waals surface area contributed by atoms with E-state index in [-0.39, 0.29) is 23.3 Å². The second-order valence-corrected chi connectivity index (χ2v) is 7.74. The second kappa shape index (κ2) is 8.33. The van der Waals surface area contributed by atoms with Crippen LogP contribution in [-0.2, 0) is 10.0 Å². The molecular formula is C16H19Cl2N3O3S. The van der Waals surface area contributed by atoms with Crippen LogP contribution in [0, 0.1) is 0 Å². The molecule has 1 fully saturated rings. The van der Waals surface area contributed by atoms with Crippen molar-refractivity contribution in [3.63, 3.8) is 0 Å². The predicted octanol–water partition coefficient (Wildman–Crippen LogP) is 2.50. The molecule has 0 radical (unpaired) electrons. The van der Waals surface area contributed by atoms with Gasteiger partial charge in [0.25, 0.3) is 0 Å². The predicted molar refractivity (Wildman–Crippen MR) is 99.0 cm³/mol. The minimum atomic E-state index is -3.72. The van der Waals surface area contributed by atoms with Crippen LogP contribution >= 0.6 is 24.0 Å². The molecule has 1 N–H and O–H groups in total.